The predicted molar refractivity (Wildman–Crippen MR) is 94.9 cm³/mol. The molecule has 3 rings (SSSR count). The Morgan fingerprint density at radius 3 is 2.74 bits per heavy atom. The molecule has 1 amide bonds. The molecule has 0 aliphatic rings. The van der Waals surface area contributed by atoms with Crippen molar-refractivity contribution in [3.63, 3.8) is 0 Å². The van der Waals surface area contributed by atoms with Crippen molar-refractivity contribution < 1.29 is 23.6 Å². The van der Waals surface area contributed by atoms with Crippen molar-refractivity contribution in [3.05, 3.63) is 70.2 Å². The van der Waals surface area contributed by atoms with Crippen LogP contribution in [0.1, 0.15) is 17.3 Å². The second-order valence-corrected chi connectivity index (χ2v) is 5.71. The average molecular weight is 371 g/mol. The van der Waals surface area contributed by atoms with Crippen molar-refractivity contribution in [2.75, 3.05) is 5.32 Å². The van der Waals surface area contributed by atoms with Gasteiger partial charge >= 0.3 is 11.7 Å². The van der Waals surface area contributed by atoms with Gasteiger partial charge in [-0.25, -0.2) is 4.79 Å². The summed E-state index contributed by atoms with van der Waals surface area (Å²) in [5.41, 5.74) is 0.280. The van der Waals surface area contributed by atoms with Gasteiger partial charge in [0.1, 0.15) is 0 Å². The second kappa shape index (κ2) is 7.24. The van der Waals surface area contributed by atoms with E-state index in [1.54, 1.807) is 18.2 Å². The van der Waals surface area contributed by atoms with E-state index in [4.69, 9.17) is 4.74 Å². The summed E-state index contributed by atoms with van der Waals surface area (Å²) in [5, 5.41) is 13.8. The smallest absolute Gasteiger partial charge is 0.341 e. The number of carbonyl (C=O) groups excluding carboxylic acids is 2. The van der Waals surface area contributed by atoms with Crippen molar-refractivity contribution in [3.8, 4) is 0 Å². The van der Waals surface area contributed by atoms with Crippen molar-refractivity contribution in [2.24, 2.45) is 0 Å². The highest BCUT2D eigenvalue weighted by molar-refractivity contribution is 6.05. The van der Waals surface area contributed by atoms with Crippen molar-refractivity contribution in [2.45, 2.75) is 13.0 Å². The molecule has 9 heteroatoms. The molecule has 1 atom stereocenters. The van der Waals surface area contributed by atoms with Crippen LogP contribution >= 0.6 is 0 Å². The number of hydrogen-bond donors (Lipinski definition) is 2. The van der Waals surface area contributed by atoms with Crippen LogP contribution in [-0.2, 0) is 9.53 Å². The third kappa shape index (κ3) is 3.76. The first-order valence-corrected chi connectivity index (χ1v) is 7.88. The molecule has 0 radical (unpaired) electrons. The summed E-state index contributed by atoms with van der Waals surface area (Å²) < 4.78 is 18.5. The molecule has 0 saturated heterocycles. The highest BCUT2D eigenvalue weighted by atomic mass is 19.1. The SMILES string of the molecule is C[C@@H](OC(=O)c1c[nH]c2ccccc12)C(=O)Nc1ccc(F)c([N+](=O)[O-])c1. The minimum atomic E-state index is -1.17. The number of ether oxygens (including phenoxy) is 1. The molecule has 0 fully saturated rings. The first kappa shape index (κ1) is 18.1. The molecule has 1 heterocycles. The van der Waals surface area contributed by atoms with Gasteiger partial charge in [0.05, 0.1) is 10.5 Å². The Labute approximate surface area is 152 Å². The van der Waals surface area contributed by atoms with Crippen LogP contribution in [0, 0.1) is 15.9 Å². The van der Waals surface area contributed by atoms with Gasteiger partial charge in [-0.2, -0.15) is 4.39 Å². The van der Waals surface area contributed by atoms with E-state index in [1.807, 2.05) is 6.07 Å². The van der Waals surface area contributed by atoms with E-state index in [9.17, 15) is 24.1 Å². The third-order valence-corrected chi connectivity index (χ3v) is 3.87. The molecule has 27 heavy (non-hydrogen) atoms. The van der Waals surface area contributed by atoms with E-state index >= 15 is 0 Å². The summed E-state index contributed by atoms with van der Waals surface area (Å²) in [5.74, 6) is -2.42. The van der Waals surface area contributed by atoms with E-state index in [0.29, 0.717) is 5.39 Å². The third-order valence-electron chi connectivity index (χ3n) is 3.87. The number of amides is 1. The lowest BCUT2D eigenvalue weighted by Crippen LogP contribution is -2.30. The van der Waals surface area contributed by atoms with Crippen LogP contribution in [0.3, 0.4) is 0 Å². The Hall–Kier alpha value is -3.75. The number of halogens is 1. The molecule has 0 aliphatic carbocycles. The number of aromatic nitrogens is 1. The highest BCUT2D eigenvalue weighted by Gasteiger charge is 2.22. The van der Waals surface area contributed by atoms with E-state index in [2.05, 4.69) is 10.3 Å². The molecule has 2 aromatic carbocycles. The van der Waals surface area contributed by atoms with Crippen molar-refractivity contribution in [1.29, 1.82) is 0 Å². The number of rotatable bonds is 5. The molecule has 0 aliphatic heterocycles. The Balaban J connectivity index is 1.70. The fourth-order valence-corrected chi connectivity index (χ4v) is 2.49. The normalized spacial score (nSPS) is 11.8. The van der Waals surface area contributed by atoms with Gasteiger partial charge in [0.2, 0.25) is 5.82 Å². The number of anilines is 1. The molecule has 138 valence electrons. The van der Waals surface area contributed by atoms with Gasteiger partial charge in [-0.05, 0) is 25.1 Å². The summed E-state index contributed by atoms with van der Waals surface area (Å²) in [4.78, 5) is 37.3. The first-order chi connectivity index (χ1) is 12.9. The number of nitro benzene ring substituents is 1. The van der Waals surface area contributed by atoms with Gasteiger partial charge in [0, 0.05) is 28.9 Å². The molecule has 0 bridgehead atoms. The quantitative estimate of drug-likeness (QED) is 0.405. The minimum absolute atomic E-state index is 0.0168. The summed E-state index contributed by atoms with van der Waals surface area (Å²) in [6, 6.07) is 10.1. The van der Waals surface area contributed by atoms with Gasteiger partial charge in [-0.1, -0.05) is 18.2 Å². The number of esters is 1. The number of benzene rings is 2. The summed E-state index contributed by atoms with van der Waals surface area (Å²) in [7, 11) is 0. The minimum Gasteiger partial charge on any atom is -0.449 e. The number of carbonyl (C=O) groups is 2. The lowest BCUT2D eigenvalue weighted by atomic mass is 10.2. The Bertz CT molecular complexity index is 1050. The largest absolute Gasteiger partial charge is 0.449 e. The van der Waals surface area contributed by atoms with E-state index in [-0.39, 0.29) is 11.3 Å². The predicted octanol–water partition coefficient (Wildman–Crippen LogP) is 3.40. The van der Waals surface area contributed by atoms with E-state index in [0.717, 1.165) is 17.6 Å². The Morgan fingerprint density at radius 2 is 2.00 bits per heavy atom. The number of aromatic amines is 1. The molecular weight excluding hydrogens is 357 g/mol. The van der Waals surface area contributed by atoms with Crippen molar-refractivity contribution in [1.82, 2.24) is 4.98 Å². The number of fused-ring (bicyclic) bond motifs is 1. The van der Waals surface area contributed by atoms with Gasteiger partial charge in [-0.3, -0.25) is 14.9 Å². The molecule has 1 aromatic heterocycles. The monoisotopic (exact) mass is 371 g/mol. The maximum absolute atomic E-state index is 13.3. The van der Waals surface area contributed by atoms with Gasteiger partial charge in [-0.15, -0.1) is 0 Å². The lowest BCUT2D eigenvalue weighted by molar-refractivity contribution is -0.387. The van der Waals surface area contributed by atoms with Crippen LogP contribution in [0.25, 0.3) is 10.9 Å². The maximum Gasteiger partial charge on any atom is 0.341 e. The number of nitrogens with zero attached hydrogens (tertiary/aromatic N) is 1. The van der Waals surface area contributed by atoms with Crippen molar-refractivity contribution >= 4 is 34.2 Å². The highest BCUT2D eigenvalue weighted by Crippen LogP contribution is 2.22. The van der Waals surface area contributed by atoms with Crippen LogP contribution < -0.4 is 5.32 Å². The molecule has 8 nitrogen and oxygen atoms in total. The number of para-hydroxylation sites is 1. The van der Waals surface area contributed by atoms with Crippen LogP contribution in [0.2, 0.25) is 0 Å². The number of hydrogen-bond acceptors (Lipinski definition) is 5. The fourth-order valence-electron chi connectivity index (χ4n) is 2.49. The van der Waals surface area contributed by atoms with Crippen LogP contribution in [0.5, 0.6) is 0 Å². The number of nitro groups is 1. The Kier molecular flexibility index (Phi) is 4.84. The zero-order chi connectivity index (χ0) is 19.6. The fraction of sp³-hybridized carbons (Fsp3) is 0.111. The summed E-state index contributed by atoms with van der Waals surface area (Å²) >= 11 is 0. The molecule has 0 saturated carbocycles. The number of nitrogens with one attached hydrogen (secondary N) is 2. The first-order valence-electron chi connectivity index (χ1n) is 7.88. The molecular formula is C18H14FN3O5. The van der Waals surface area contributed by atoms with E-state index in [1.165, 1.54) is 19.2 Å². The number of H-pyrrole nitrogens is 1. The Morgan fingerprint density at radius 1 is 1.26 bits per heavy atom. The molecule has 0 unspecified atom stereocenters. The zero-order valence-electron chi connectivity index (χ0n) is 14.1. The standard InChI is InChI=1S/C18H14FN3O5/c1-10(17(23)21-11-6-7-14(19)16(8-11)22(25)26)27-18(24)13-9-20-15-5-3-2-4-12(13)15/h2-10,20H,1H3,(H,21,23)/t10-/m1/s1. The van der Waals surface area contributed by atoms with Gasteiger partial charge < -0.3 is 15.0 Å². The molecule has 3 aromatic rings. The summed E-state index contributed by atoms with van der Waals surface area (Å²) in [6.45, 7) is 1.36. The second-order valence-electron chi connectivity index (χ2n) is 5.71. The molecule has 0 spiro atoms. The van der Waals surface area contributed by atoms with Crippen LogP contribution in [0.4, 0.5) is 15.8 Å². The maximum atomic E-state index is 13.3. The topological polar surface area (TPSA) is 114 Å². The van der Waals surface area contributed by atoms with Gasteiger partial charge in [0.25, 0.3) is 5.91 Å². The summed E-state index contributed by atoms with van der Waals surface area (Å²) in [6.07, 6.45) is 0.316. The van der Waals surface area contributed by atoms with E-state index < -0.39 is 34.4 Å². The average Bonchev–Trinajstić information content (AvgIpc) is 3.07. The lowest BCUT2D eigenvalue weighted by Gasteiger charge is -2.13. The van der Waals surface area contributed by atoms with Gasteiger partial charge in [0.15, 0.2) is 6.10 Å². The molecule has 2 N–H and O–H groups in total. The van der Waals surface area contributed by atoms with Crippen LogP contribution in [-0.4, -0.2) is 27.9 Å². The zero-order valence-corrected chi connectivity index (χ0v) is 14.1. The van der Waals surface area contributed by atoms with Crippen LogP contribution in [0.15, 0.2) is 48.7 Å².